The third-order valence-electron chi connectivity index (χ3n) is 4.05. The van der Waals surface area contributed by atoms with Crippen LogP contribution in [0.2, 0.25) is 0 Å². The van der Waals surface area contributed by atoms with Crippen LogP contribution in [0.1, 0.15) is 23.6 Å². The summed E-state index contributed by atoms with van der Waals surface area (Å²) in [4.78, 5) is 0. The molecule has 0 saturated carbocycles. The van der Waals surface area contributed by atoms with Gasteiger partial charge in [-0.15, -0.1) is 0 Å². The molecule has 0 aromatic heterocycles. The molecule has 1 aromatic carbocycles. The molecule has 0 N–H and O–H groups in total. The van der Waals surface area contributed by atoms with Gasteiger partial charge in [0.15, 0.2) is 0 Å². The monoisotopic (exact) mass is 368 g/mol. The van der Waals surface area contributed by atoms with Gasteiger partial charge in [-0.2, -0.15) is 0 Å². The van der Waals surface area contributed by atoms with Crippen LogP contribution in [-0.2, 0) is 48.1 Å². The van der Waals surface area contributed by atoms with Gasteiger partial charge in [-0.3, -0.25) is 0 Å². The maximum absolute atomic E-state index is 5.78. The van der Waals surface area contributed by atoms with Gasteiger partial charge in [-0.25, -0.2) is 0 Å². The van der Waals surface area contributed by atoms with Crippen LogP contribution < -0.4 is 0 Å². The first-order chi connectivity index (χ1) is 12.9. The third kappa shape index (κ3) is 9.07. The number of hydrogen-bond donors (Lipinski definition) is 0. The highest BCUT2D eigenvalue weighted by Crippen LogP contribution is 2.15. The summed E-state index contributed by atoms with van der Waals surface area (Å²) in [6.07, 6.45) is 1.01. The number of hydrogen-bond acceptors (Lipinski definition) is 6. The van der Waals surface area contributed by atoms with Gasteiger partial charge in [0.05, 0.1) is 79.3 Å². The van der Waals surface area contributed by atoms with Crippen molar-refractivity contribution >= 4 is 0 Å². The van der Waals surface area contributed by atoms with Crippen molar-refractivity contribution in [3.05, 3.63) is 34.9 Å². The highest BCUT2D eigenvalue weighted by molar-refractivity contribution is 5.31. The molecule has 0 saturated heterocycles. The molecule has 0 fully saturated rings. The molecule has 6 nitrogen and oxygen atoms in total. The fourth-order valence-electron chi connectivity index (χ4n) is 2.54. The van der Waals surface area contributed by atoms with Crippen LogP contribution in [-0.4, -0.2) is 66.1 Å². The van der Waals surface area contributed by atoms with Crippen LogP contribution in [0.15, 0.2) is 18.2 Å². The highest BCUT2D eigenvalue weighted by Gasteiger charge is 2.05. The second-order valence-corrected chi connectivity index (χ2v) is 6.01. The SMILES string of the molecule is CCc1ccc2c(c1)COCCOCCOCCOCCOCCOC2. The maximum atomic E-state index is 5.78. The van der Waals surface area contributed by atoms with Gasteiger partial charge in [-0.05, 0) is 23.1 Å². The Morgan fingerprint density at radius 1 is 0.577 bits per heavy atom. The van der Waals surface area contributed by atoms with Crippen LogP contribution >= 0.6 is 0 Å². The van der Waals surface area contributed by atoms with E-state index in [0.29, 0.717) is 79.3 Å². The Hall–Kier alpha value is -1.02. The van der Waals surface area contributed by atoms with E-state index in [1.165, 1.54) is 11.1 Å². The molecule has 0 aliphatic carbocycles. The average molecular weight is 368 g/mol. The van der Waals surface area contributed by atoms with Crippen molar-refractivity contribution in [2.45, 2.75) is 26.6 Å². The van der Waals surface area contributed by atoms with Crippen LogP contribution in [0, 0.1) is 0 Å². The predicted molar refractivity (Wildman–Crippen MR) is 98.4 cm³/mol. The van der Waals surface area contributed by atoms with Gasteiger partial charge in [0.2, 0.25) is 0 Å². The molecule has 0 unspecified atom stereocenters. The second kappa shape index (κ2) is 14.1. The van der Waals surface area contributed by atoms with Crippen molar-refractivity contribution in [3.63, 3.8) is 0 Å². The summed E-state index contributed by atoms with van der Waals surface area (Å²) in [5.41, 5.74) is 3.64. The Morgan fingerprint density at radius 2 is 1.00 bits per heavy atom. The molecule has 1 aromatic rings. The van der Waals surface area contributed by atoms with Gasteiger partial charge < -0.3 is 28.4 Å². The lowest BCUT2D eigenvalue weighted by Gasteiger charge is -2.13. The Kier molecular flexibility index (Phi) is 11.5. The van der Waals surface area contributed by atoms with E-state index in [1.54, 1.807) is 0 Å². The number of fused-ring (bicyclic) bond motifs is 1. The normalized spacial score (nSPS) is 20.2. The summed E-state index contributed by atoms with van der Waals surface area (Å²) in [6.45, 7) is 8.96. The summed E-state index contributed by atoms with van der Waals surface area (Å²) in [6, 6.07) is 6.48. The van der Waals surface area contributed by atoms with Gasteiger partial charge in [-0.1, -0.05) is 25.1 Å². The van der Waals surface area contributed by atoms with E-state index in [1.807, 2.05) is 0 Å². The van der Waals surface area contributed by atoms with Gasteiger partial charge in [0, 0.05) is 0 Å². The Balaban J connectivity index is 1.83. The Morgan fingerprint density at radius 3 is 1.46 bits per heavy atom. The molecule has 0 spiro atoms. The average Bonchev–Trinajstić information content (AvgIpc) is 2.67. The van der Waals surface area contributed by atoms with Crippen molar-refractivity contribution in [2.24, 2.45) is 0 Å². The van der Waals surface area contributed by atoms with Crippen LogP contribution in [0.4, 0.5) is 0 Å². The lowest BCUT2D eigenvalue weighted by Crippen LogP contribution is -2.14. The van der Waals surface area contributed by atoms with Gasteiger partial charge in [0.25, 0.3) is 0 Å². The van der Waals surface area contributed by atoms with Crippen LogP contribution in [0.3, 0.4) is 0 Å². The summed E-state index contributed by atoms with van der Waals surface area (Å²) >= 11 is 0. The van der Waals surface area contributed by atoms with Gasteiger partial charge >= 0.3 is 0 Å². The maximum Gasteiger partial charge on any atom is 0.0721 e. The Bertz CT molecular complexity index is 479. The zero-order valence-corrected chi connectivity index (χ0v) is 15.9. The van der Waals surface area contributed by atoms with Gasteiger partial charge in [0.1, 0.15) is 0 Å². The van der Waals surface area contributed by atoms with E-state index >= 15 is 0 Å². The van der Waals surface area contributed by atoms with Crippen molar-refractivity contribution < 1.29 is 28.4 Å². The fraction of sp³-hybridized carbons (Fsp3) is 0.700. The molecule has 148 valence electrons. The molecule has 1 aliphatic heterocycles. The van der Waals surface area contributed by atoms with Crippen molar-refractivity contribution in [1.82, 2.24) is 0 Å². The molecule has 0 radical (unpaired) electrons. The molecule has 26 heavy (non-hydrogen) atoms. The molecule has 1 heterocycles. The predicted octanol–water partition coefficient (Wildman–Crippen LogP) is 2.36. The minimum atomic E-state index is 0.562. The molecule has 6 heteroatoms. The quantitative estimate of drug-likeness (QED) is 0.759. The van der Waals surface area contributed by atoms with E-state index in [-0.39, 0.29) is 0 Å². The second-order valence-electron chi connectivity index (χ2n) is 6.01. The van der Waals surface area contributed by atoms with E-state index < -0.39 is 0 Å². The largest absolute Gasteiger partial charge is 0.377 e. The summed E-state index contributed by atoms with van der Waals surface area (Å²) in [7, 11) is 0. The molecular weight excluding hydrogens is 336 g/mol. The lowest BCUT2D eigenvalue weighted by atomic mass is 10.0. The molecule has 1 aliphatic rings. The topological polar surface area (TPSA) is 55.4 Å². The molecule has 0 amide bonds. The van der Waals surface area contributed by atoms with Crippen LogP contribution in [0.5, 0.6) is 0 Å². The molecule has 2 rings (SSSR count). The van der Waals surface area contributed by atoms with E-state index in [9.17, 15) is 0 Å². The summed E-state index contributed by atoms with van der Waals surface area (Å²) in [5.74, 6) is 0. The smallest absolute Gasteiger partial charge is 0.0721 e. The zero-order chi connectivity index (χ0) is 18.3. The molecular formula is C20H32O6. The molecule has 0 atom stereocenters. The minimum absolute atomic E-state index is 0.562. The first-order valence-corrected chi connectivity index (χ1v) is 9.47. The lowest BCUT2D eigenvalue weighted by molar-refractivity contribution is -0.0202. The van der Waals surface area contributed by atoms with E-state index in [0.717, 1.165) is 12.0 Å². The van der Waals surface area contributed by atoms with E-state index in [4.69, 9.17) is 28.4 Å². The number of rotatable bonds is 1. The standard InChI is InChI=1S/C20H32O6/c1-2-18-3-4-19-16-25-13-11-23-9-7-21-5-6-22-8-10-24-12-14-26-17-20(19)15-18/h3-4,15H,2,5-14,16-17H2,1H3. The highest BCUT2D eigenvalue weighted by atomic mass is 16.6. The zero-order valence-electron chi connectivity index (χ0n) is 15.9. The number of ether oxygens (including phenoxy) is 6. The Labute approximate surface area is 156 Å². The van der Waals surface area contributed by atoms with Crippen LogP contribution in [0.25, 0.3) is 0 Å². The van der Waals surface area contributed by atoms with E-state index in [2.05, 4.69) is 25.1 Å². The van der Waals surface area contributed by atoms with Crippen molar-refractivity contribution in [3.8, 4) is 0 Å². The summed E-state index contributed by atoms with van der Waals surface area (Å²) < 4.78 is 33.4. The first-order valence-electron chi connectivity index (χ1n) is 9.47. The summed E-state index contributed by atoms with van der Waals surface area (Å²) in [5, 5.41) is 0. The molecule has 0 bridgehead atoms. The number of benzene rings is 1. The van der Waals surface area contributed by atoms with Crippen molar-refractivity contribution in [1.29, 1.82) is 0 Å². The first kappa shape index (κ1) is 21.3. The third-order valence-corrected chi connectivity index (χ3v) is 4.05. The fourth-order valence-corrected chi connectivity index (χ4v) is 2.54. The van der Waals surface area contributed by atoms with Crippen molar-refractivity contribution in [2.75, 3.05) is 66.1 Å². The number of aryl methyl sites for hydroxylation is 1. The minimum Gasteiger partial charge on any atom is -0.377 e.